The van der Waals surface area contributed by atoms with Crippen LogP contribution in [0.2, 0.25) is 0 Å². The molecule has 0 aliphatic carbocycles. The van der Waals surface area contributed by atoms with Gasteiger partial charge in [-0.25, -0.2) is 0 Å². The highest BCUT2D eigenvalue weighted by Crippen LogP contribution is 2.17. The third kappa shape index (κ3) is 5.65. The monoisotopic (exact) mass is 282 g/mol. The summed E-state index contributed by atoms with van der Waals surface area (Å²) >= 11 is 0. The molecule has 1 atom stereocenters. The Bertz CT molecular complexity index is 407. The van der Waals surface area contributed by atoms with Crippen molar-refractivity contribution in [2.75, 3.05) is 20.8 Å². The Kier molecular flexibility index (Phi) is 6.24. The second-order valence-electron chi connectivity index (χ2n) is 6.64. The van der Waals surface area contributed by atoms with Crippen molar-refractivity contribution in [1.82, 2.24) is 10.2 Å². The molecule has 0 spiro atoms. The maximum atomic E-state index is 5.96. The second-order valence-corrected chi connectivity index (χ2v) is 6.64. The number of nitrogens with one attached hydrogen (secondary N) is 1. The summed E-state index contributed by atoms with van der Waals surface area (Å²) in [5, 5.41) is 3.46. The van der Waals surface area contributed by atoms with E-state index in [0.29, 0.717) is 6.04 Å². The number of likely N-dealkylation sites (N-methyl/N-ethyl adjacent to an activating group) is 1. The van der Waals surface area contributed by atoms with E-state index in [-0.39, 0.29) is 5.54 Å². The minimum absolute atomic E-state index is 0.100. The summed E-state index contributed by atoms with van der Waals surface area (Å²) in [6.07, 6.45) is 0. The van der Waals surface area contributed by atoms with Gasteiger partial charge in [-0.05, 0) is 53.3 Å². The van der Waals surface area contributed by atoms with Gasteiger partial charge in [0.2, 0.25) is 0 Å². The summed E-state index contributed by atoms with van der Waals surface area (Å²) in [5.74, 6) is 2.04. The number of hydrogen-bond acceptors (Lipinski definition) is 4. The van der Waals surface area contributed by atoms with Crippen LogP contribution in [0.5, 0.6) is 0 Å². The van der Waals surface area contributed by atoms with Crippen LogP contribution in [0.1, 0.15) is 44.8 Å². The lowest BCUT2D eigenvalue weighted by molar-refractivity contribution is 0.107. The second kappa shape index (κ2) is 7.25. The molecular formula is C16H30N2O2. The standard InChI is InChI=1S/C16H30N2O2/c1-12-8-14(10-18(6)13(2)11-19-7)20-15(12)9-17-16(3,4)5/h8,13,17H,9-11H2,1-7H3. The van der Waals surface area contributed by atoms with E-state index in [1.165, 1.54) is 5.56 Å². The minimum Gasteiger partial charge on any atom is -0.463 e. The van der Waals surface area contributed by atoms with Gasteiger partial charge >= 0.3 is 0 Å². The first-order chi connectivity index (χ1) is 9.23. The van der Waals surface area contributed by atoms with Crippen LogP contribution >= 0.6 is 0 Å². The van der Waals surface area contributed by atoms with Gasteiger partial charge in [0.05, 0.1) is 19.7 Å². The van der Waals surface area contributed by atoms with E-state index >= 15 is 0 Å². The minimum atomic E-state index is 0.100. The van der Waals surface area contributed by atoms with E-state index in [1.54, 1.807) is 7.11 Å². The molecule has 4 heteroatoms. The first kappa shape index (κ1) is 17.2. The van der Waals surface area contributed by atoms with Crippen LogP contribution in [-0.2, 0) is 17.8 Å². The number of hydrogen-bond donors (Lipinski definition) is 1. The number of methoxy groups -OCH3 is 1. The van der Waals surface area contributed by atoms with Crippen molar-refractivity contribution >= 4 is 0 Å². The molecule has 1 rings (SSSR count). The molecule has 116 valence electrons. The van der Waals surface area contributed by atoms with Gasteiger partial charge in [-0.1, -0.05) is 0 Å². The highest BCUT2D eigenvalue weighted by molar-refractivity contribution is 5.20. The normalized spacial score (nSPS) is 14.0. The lowest BCUT2D eigenvalue weighted by Gasteiger charge is -2.22. The third-order valence-electron chi connectivity index (χ3n) is 3.42. The van der Waals surface area contributed by atoms with E-state index in [2.05, 4.69) is 57.9 Å². The average molecular weight is 282 g/mol. The van der Waals surface area contributed by atoms with E-state index < -0.39 is 0 Å². The van der Waals surface area contributed by atoms with Crippen LogP contribution in [0.4, 0.5) is 0 Å². The Hall–Kier alpha value is -0.840. The molecule has 0 aliphatic heterocycles. The zero-order valence-electron chi connectivity index (χ0n) is 14.0. The highest BCUT2D eigenvalue weighted by atomic mass is 16.5. The molecule has 0 saturated heterocycles. The van der Waals surface area contributed by atoms with Crippen LogP contribution in [0.3, 0.4) is 0 Å². The van der Waals surface area contributed by atoms with Crippen LogP contribution < -0.4 is 5.32 Å². The van der Waals surface area contributed by atoms with Gasteiger partial charge in [-0.15, -0.1) is 0 Å². The average Bonchev–Trinajstić information content (AvgIpc) is 2.66. The molecule has 1 unspecified atom stereocenters. The third-order valence-corrected chi connectivity index (χ3v) is 3.42. The van der Waals surface area contributed by atoms with Crippen molar-refractivity contribution in [2.45, 2.75) is 59.3 Å². The van der Waals surface area contributed by atoms with E-state index in [9.17, 15) is 0 Å². The Labute approximate surface area is 123 Å². The zero-order valence-corrected chi connectivity index (χ0v) is 14.0. The van der Waals surface area contributed by atoms with Gasteiger partial charge in [0.1, 0.15) is 11.5 Å². The van der Waals surface area contributed by atoms with Gasteiger partial charge < -0.3 is 14.5 Å². The molecule has 4 nitrogen and oxygen atoms in total. The maximum absolute atomic E-state index is 5.96. The van der Waals surface area contributed by atoms with Crippen LogP contribution in [0.15, 0.2) is 10.5 Å². The predicted molar refractivity (Wildman–Crippen MR) is 82.8 cm³/mol. The molecule has 0 bridgehead atoms. The van der Waals surface area contributed by atoms with Crippen LogP contribution in [0, 0.1) is 6.92 Å². The molecule has 0 saturated carbocycles. The van der Waals surface area contributed by atoms with Gasteiger partial charge in [0, 0.05) is 18.7 Å². The summed E-state index contributed by atoms with van der Waals surface area (Å²) in [5.41, 5.74) is 1.31. The van der Waals surface area contributed by atoms with Crippen molar-refractivity contribution in [3.8, 4) is 0 Å². The molecule has 20 heavy (non-hydrogen) atoms. The number of furan rings is 1. The highest BCUT2D eigenvalue weighted by Gasteiger charge is 2.15. The Morgan fingerprint density at radius 3 is 2.60 bits per heavy atom. The lowest BCUT2D eigenvalue weighted by atomic mass is 10.1. The lowest BCUT2D eigenvalue weighted by Crippen LogP contribution is -2.35. The molecule has 1 N–H and O–H groups in total. The molecule has 0 fully saturated rings. The molecule has 0 aliphatic rings. The largest absolute Gasteiger partial charge is 0.463 e. The summed E-state index contributed by atoms with van der Waals surface area (Å²) in [7, 11) is 3.83. The molecule has 0 radical (unpaired) electrons. The van der Waals surface area contributed by atoms with Crippen LogP contribution in [0.25, 0.3) is 0 Å². The quantitative estimate of drug-likeness (QED) is 0.834. The summed E-state index contributed by atoms with van der Waals surface area (Å²) < 4.78 is 11.1. The molecule has 0 aromatic carbocycles. The fraction of sp³-hybridized carbons (Fsp3) is 0.750. The van der Waals surface area contributed by atoms with Crippen molar-refractivity contribution in [1.29, 1.82) is 0 Å². The molecule has 1 aromatic rings. The Balaban J connectivity index is 2.61. The first-order valence-corrected chi connectivity index (χ1v) is 7.25. The summed E-state index contributed by atoms with van der Waals surface area (Å²) in [6, 6.07) is 2.51. The van der Waals surface area contributed by atoms with E-state index in [4.69, 9.17) is 9.15 Å². The topological polar surface area (TPSA) is 37.6 Å². The Morgan fingerprint density at radius 2 is 2.05 bits per heavy atom. The van der Waals surface area contributed by atoms with Crippen molar-refractivity contribution in [3.63, 3.8) is 0 Å². The predicted octanol–water partition coefficient (Wildman–Crippen LogP) is 2.94. The molecule has 1 aromatic heterocycles. The van der Waals surface area contributed by atoms with Crippen molar-refractivity contribution in [2.24, 2.45) is 0 Å². The van der Waals surface area contributed by atoms with Gasteiger partial charge in [-0.3, -0.25) is 4.90 Å². The zero-order chi connectivity index (χ0) is 15.3. The Morgan fingerprint density at radius 1 is 1.40 bits per heavy atom. The molecular weight excluding hydrogens is 252 g/mol. The summed E-state index contributed by atoms with van der Waals surface area (Å²) in [4.78, 5) is 2.24. The van der Waals surface area contributed by atoms with Gasteiger partial charge in [-0.2, -0.15) is 0 Å². The fourth-order valence-corrected chi connectivity index (χ4v) is 1.96. The smallest absolute Gasteiger partial charge is 0.120 e. The molecule has 1 heterocycles. The first-order valence-electron chi connectivity index (χ1n) is 7.25. The van der Waals surface area contributed by atoms with Crippen molar-refractivity contribution in [3.05, 3.63) is 23.2 Å². The van der Waals surface area contributed by atoms with Crippen LogP contribution in [-0.4, -0.2) is 37.2 Å². The van der Waals surface area contributed by atoms with Gasteiger partial charge in [0.25, 0.3) is 0 Å². The maximum Gasteiger partial charge on any atom is 0.120 e. The number of rotatable bonds is 7. The summed E-state index contributed by atoms with van der Waals surface area (Å²) in [6.45, 7) is 13.0. The fourth-order valence-electron chi connectivity index (χ4n) is 1.96. The van der Waals surface area contributed by atoms with E-state index in [1.807, 2.05) is 0 Å². The van der Waals surface area contributed by atoms with Gasteiger partial charge in [0.15, 0.2) is 0 Å². The number of nitrogens with zero attached hydrogens (tertiary/aromatic N) is 1. The number of aryl methyl sites for hydroxylation is 1. The SMILES string of the molecule is COCC(C)N(C)Cc1cc(C)c(CNC(C)(C)C)o1. The number of ether oxygens (including phenoxy) is 1. The van der Waals surface area contributed by atoms with E-state index in [0.717, 1.165) is 31.2 Å². The molecule has 0 amide bonds. The van der Waals surface area contributed by atoms with Crippen molar-refractivity contribution < 1.29 is 9.15 Å².